The van der Waals surface area contributed by atoms with Crippen molar-refractivity contribution in [2.75, 3.05) is 6.61 Å². The number of rotatable bonds is 4. The average molecular weight is 206 g/mol. The van der Waals surface area contributed by atoms with Gasteiger partial charge in [-0.2, -0.15) is 0 Å². The third kappa shape index (κ3) is 2.72. The minimum Gasteiger partial charge on any atom is -0.493 e. The van der Waals surface area contributed by atoms with E-state index in [1.54, 1.807) is 6.92 Å². The quantitative estimate of drug-likeness (QED) is 0.819. The van der Waals surface area contributed by atoms with E-state index in [0.717, 1.165) is 5.75 Å². The molecule has 2 heteroatoms. The van der Waals surface area contributed by atoms with Gasteiger partial charge in [-0.25, -0.2) is 0 Å². The Morgan fingerprint density at radius 3 is 2.93 bits per heavy atom. The van der Waals surface area contributed by atoms with E-state index >= 15 is 0 Å². The van der Waals surface area contributed by atoms with Crippen molar-refractivity contribution in [3.63, 3.8) is 0 Å². The first-order chi connectivity index (χ1) is 7.25. The van der Waals surface area contributed by atoms with Crippen LogP contribution in [0, 0.1) is 0 Å². The third-order valence-electron chi connectivity index (χ3n) is 2.87. The maximum Gasteiger partial charge on any atom is 0.119 e. The van der Waals surface area contributed by atoms with E-state index in [-0.39, 0.29) is 6.10 Å². The van der Waals surface area contributed by atoms with Gasteiger partial charge in [-0.15, -0.1) is 0 Å². The molecule has 0 amide bonds. The van der Waals surface area contributed by atoms with Crippen molar-refractivity contribution in [1.82, 2.24) is 0 Å². The molecule has 0 aliphatic heterocycles. The summed E-state index contributed by atoms with van der Waals surface area (Å²) in [5, 5.41) is 9.11. The number of fused-ring (bicyclic) bond motifs is 1. The molecular weight excluding hydrogens is 188 g/mol. The van der Waals surface area contributed by atoms with Crippen LogP contribution < -0.4 is 4.74 Å². The van der Waals surface area contributed by atoms with Crippen LogP contribution in [0.4, 0.5) is 0 Å². The zero-order valence-electron chi connectivity index (χ0n) is 9.20. The zero-order chi connectivity index (χ0) is 10.7. The summed E-state index contributed by atoms with van der Waals surface area (Å²) in [4.78, 5) is 0. The summed E-state index contributed by atoms with van der Waals surface area (Å²) < 4.78 is 5.58. The van der Waals surface area contributed by atoms with E-state index in [1.165, 1.54) is 30.4 Å². The highest BCUT2D eigenvalue weighted by Gasteiger charge is 2.11. The summed E-state index contributed by atoms with van der Waals surface area (Å²) in [6.07, 6.45) is 4.08. The summed E-state index contributed by atoms with van der Waals surface area (Å²) in [5.41, 5.74) is 2.91. The normalized spacial score (nSPS) is 16.1. The number of aliphatic hydroxyl groups is 1. The van der Waals surface area contributed by atoms with Crippen molar-refractivity contribution in [2.24, 2.45) is 0 Å². The molecule has 15 heavy (non-hydrogen) atoms. The molecule has 1 aliphatic carbocycles. The maximum atomic E-state index is 9.11. The minimum atomic E-state index is -0.278. The monoisotopic (exact) mass is 206 g/mol. The SMILES string of the molecule is CC(O)CCOc1ccc2c(c1)CCC2. The number of ether oxygens (including phenoxy) is 1. The first kappa shape index (κ1) is 10.5. The second-order valence-corrected chi connectivity index (χ2v) is 4.27. The number of benzene rings is 1. The molecule has 0 bridgehead atoms. The number of aryl methyl sites for hydroxylation is 2. The summed E-state index contributed by atoms with van der Waals surface area (Å²) in [6.45, 7) is 2.38. The molecule has 0 spiro atoms. The molecule has 0 saturated carbocycles. The fraction of sp³-hybridized carbons (Fsp3) is 0.538. The topological polar surface area (TPSA) is 29.5 Å². The summed E-state index contributed by atoms with van der Waals surface area (Å²) in [7, 11) is 0. The van der Waals surface area contributed by atoms with E-state index in [4.69, 9.17) is 9.84 Å². The van der Waals surface area contributed by atoms with Crippen LogP contribution in [0.3, 0.4) is 0 Å². The zero-order valence-corrected chi connectivity index (χ0v) is 9.20. The van der Waals surface area contributed by atoms with Gasteiger partial charge in [0.25, 0.3) is 0 Å². The lowest BCUT2D eigenvalue weighted by molar-refractivity contribution is 0.155. The molecule has 1 aromatic carbocycles. The van der Waals surface area contributed by atoms with Crippen LogP contribution in [0.5, 0.6) is 5.75 Å². The van der Waals surface area contributed by atoms with Crippen molar-refractivity contribution in [1.29, 1.82) is 0 Å². The van der Waals surface area contributed by atoms with Crippen molar-refractivity contribution < 1.29 is 9.84 Å². The van der Waals surface area contributed by atoms with Crippen molar-refractivity contribution >= 4 is 0 Å². The van der Waals surface area contributed by atoms with E-state index in [2.05, 4.69) is 12.1 Å². The van der Waals surface area contributed by atoms with E-state index in [1.807, 2.05) is 6.07 Å². The smallest absolute Gasteiger partial charge is 0.119 e. The predicted octanol–water partition coefficient (Wildman–Crippen LogP) is 2.33. The molecule has 0 saturated heterocycles. The fourth-order valence-corrected chi connectivity index (χ4v) is 1.99. The van der Waals surface area contributed by atoms with Gasteiger partial charge in [0.2, 0.25) is 0 Å². The summed E-state index contributed by atoms with van der Waals surface area (Å²) in [5.74, 6) is 0.941. The lowest BCUT2D eigenvalue weighted by Gasteiger charge is -2.09. The molecule has 1 atom stereocenters. The highest BCUT2D eigenvalue weighted by atomic mass is 16.5. The first-order valence-corrected chi connectivity index (χ1v) is 5.68. The molecule has 82 valence electrons. The molecule has 1 aromatic rings. The summed E-state index contributed by atoms with van der Waals surface area (Å²) in [6, 6.07) is 6.34. The van der Waals surface area contributed by atoms with Crippen LogP contribution in [-0.4, -0.2) is 17.8 Å². The van der Waals surface area contributed by atoms with Crippen molar-refractivity contribution in [3.8, 4) is 5.75 Å². The molecule has 2 nitrogen and oxygen atoms in total. The maximum absolute atomic E-state index is 9.11. The van der Waals surface area contributed by atoms with Gasteiger partial charge in [-0.3, -0.25) is 0 Å². The Labute approximate surface area is 90.9 Å². The standard InChI is InChI=1S/C13H18O2/c1-10(14)7-8-15-13-6-5-11-3-2-4-12(11)9-13/h5-6,9-10,14H,2-4,7-8H2,1H3. The Morgan fingerprint density at radius 1 is 1.33 bits per heavy atom. The van der Waals surface area contributed by atoms with Crippen LogP contribution in [0.2, 0.25) is 0 Å². The number of hydrogen-bond acceptors (Lipinski definition) is 2. The van der Waals surface area contributed by atoms with Crippen molar-refractivity contribution in [2.45, 2.75) is 38.7 Å². The van der Waals surface area contributed by atoms with Crippen LogP contribution in [0.15, 0.2) is 18.2 Å². The Bertz CT molecular complexity index is 331. The lowest BCUT2D eigenvalue weighted by atomic mass is 10.1. The van der Waals surface area contributed by atoms with Gasteiger partial charge < -0.3 is 9.84 Å². The molecule has 1 N–H and O–H groups in total. The first-order valence-electron chi connectivity index (χ1n) is 5.68. The Hall–Kier alpha value is -1.02. The molecule has 1 unspecified atom stereocenters. The van der Waals surface area contributed by atoms with Crippen LogP contribution >= 0.6 is 0 Å². The largest absolute Gasteiger partial charge is 0.493 e. The average Bonchev–Trinajstić information content (AvgIpc) is 2.64. The van der Waals surface area contributed by atoms with E-state index in [9.17, 15) is 0 Å². The molecule has 0 fully saturated rings. The minimum absolute atomic E-state index is 0.278. The van der Waals surface area contributed by atoms with Crippen LogP contribution in [-0.2, 0) is 12.8 Å². The second kappa shape index (κ2) is 4.67. The molecule has 0 radical (unpaired) electrons. The van der Waals surface area contributed by atoms with Gasteiger partial charge in [-0.05, 0) is 49.4 Å². The van der Waals surface area contributed by atoms with Gasteiger partial charge in [0.1, 0.15) is 5.75 Å². The molecule has 0 heterocycles. The molecule has 2 rings (SSSR count). The molecule has 1 aliphatic rings. The van der Waals surface area contributed by atoms with Gasteiger partial charge >= 0.3 is 0 Å². The predicted molar refractivity (Wildman–Crippen MR) is 60.3 cm³/mol. The van der Waals surface area contributed by atoms with Gasteiger partial charge in [0.05, 0.1) is 12.7 Å². The van der Waals surface area contributed by atoms with E-state index < -0.39 is 0 Å². The molecule has 0 aromatic heterocycles. The molecular formula is C13H18O2. The number of aliphatic hydroxyl groups excluding tert-OH is 1. The third-order valence-corrected chi connectivity index (χ3v) is 2.87. The van der Waals surface area contributed by atoms with Crippen molar-refractivity contribution in [3.05, 3.63) is 29.3 Å². The van der Waals surface area contributed by atoms with Crippen LogP contribution in [0.25, 0.3) is 0 Å². The summed E-state index contributed by atoms with van der Waals surface area (Å²) >= 11 is 0. The highest BCUT2D eigenvalue weighted by molar-refractivity contribution is 5.38. The second-order valence-electron chi connectivity index (χ2n) is 4.27. The van der Waals surface area contributed by atoms with Crippen LogP contribution in [0.1, 0.15) is 30.9 Å². The number of hydrogen-bond donors (Lipinski definition) is 1. The highest BCUT2D eigenvalue weighted by Crippen LogP contribution is 2.25. The van der Waals surface area contributed by atoms with Gasteiger partial charge in [0.15, 0.2) is 0 Å². The Morgan fingerprint density at radius 2 is 2.13 bits per heavy atom. The van der Waals surface area contributed by atoms with Gasteiger partial charge in [0, 0.05) is 6.42 Å². The lowest BCUT2D eigenvalue weighted by Crippen LogP contribution is -2.07. The Kier molecular flexibility index (Phi) is 3.27. The fourth-order valence-electron chi connectivity index (χ4n) is 1.99. The van der Waals surface area contributed by atoms with Gasteiger partial charge in [-0.1, -0.05) is 6.07 Å². The van der Waals surface area contributed by atoms with E-state index in [0.29, 0.717) is 13.0 Å². The Balaban J connectivity index is 1.92.